The Morgan fingerprint density at radius 1 is 1.30 bits per heavy atom. The SMILES string of the molecule is CC[C@@H](NC(=O)C1=CN=[N+]2CC(C)=CN=C12)c1ccc(OC(F)(F)F)cc1. The van der Waals surface area contributed by atoms with Crippen LogP contribution in [-0.2, 0) is 4.79 Å². The molecule has 1 N–H and O–H groups in total. The van der Waals surface area contributed by atoms with E-state index >= 15 is 0 Å². The van der Waals surface area contributed by atoms with Gasteiger partial charge in [-0.2, -0.15) is 0 Å². The molecule has 2 aliphatic heterocycles. The van der Waals surface area contributed by atoms with Crippen LogP contribution < -0.4 is 10.1 Å². The minimum absolute atomic E-state index is 0.306. The third-order valence-corrected chi connectivity index (χ3v) is 4.09. The van der Waals surface area contributed by atoms with Crippen molar-refractivity contribution in [3.05, 3.63) is 53.4 Å². The number of azo groups is 2. The molecule has 0 aliphatic carbocycles. The van der Waals surface area contributed by atoms with Gasteiger partial charge in [-0.05, 0) is 36.0 Å². The van der Waals surface area contributed by atoms with E-state index in [1.54, 1.807) is 10.9 Å². The number of benzene rings is 1. The van der Waals surface area contributed by atoms with Crippen molar-refractivity contribution in [3.63, 3.8) is 0 Å². The third-order valence-electron chi connectivity index (χ3n) is 4.09. The molecule has 0 aromatic heterocycles. The van der Waals surface area contributed by atoms with Gasteiger partial charge in [0.15, 0.2) is 5.57 Å². The first kappa shape index (κ1) is 18.8. The lowest BCUT2D eigenvalue weighted by Crippen LogP contribution is -2.34. The number of carbonyl (C=O) groups excluding carboxylic acids is 1. The quantitative estimate of drug-likeness (QED) is 0.790. The van der Waals surface area contributed by atoms with E-state index in [4.69, 9.17) is 0 Å². The van der Waals surface area contributed by atoms with Crippen molar-refractivity contribution < 1.29 is 27.4 Å². The van der Waals surface area contributed by atoms with Crippen molar-refractivity contribution in [2.45, 2.75) is 32.7 Å². The van der Waals surface area contributed by atoms with Crippen molar-refractivity contribution in [1.29, 1.82) is 0 Å². The van der Waals surface area contributed by atoms with Gasteiger partial charge in [-0.15, -0.1) is 17.9 Å². The zero-order valence-corrected chi connectivity index (χ0v) is 14.7. The molecule has 0 unspecified atom stereocenters. The number of hydrogen-bond donors (Lipinski definition) is 1. The average molecular weight is 379 g/mol. The number of fused-ring (bicyclic) bond motifs is 1. The lowest BCUT2D eigenvalue weighted by molar-refractivity contribution is -0.466. The smallest absolute Gasteiger partial charge is 0.406 e. The van der Waals surface area contributed by atoms with Crippen LogP contribution in [0, 0.1) is 0 Å². The Morgan fingerprint density at radius 2 is 2.00 bits per heavy atom. The Morgan fingerprint density at radius 3 is 2.63 bits per heavy atom. The number of nitrogens with zero attached hydrogens (tertiary/aromatic N) is 3. The van der Waals surface area contributed by atoms with Crippen LogP contribution in [0.25, 0.3) is 0 Å². The fraction of sp³-hybridized carbons (Fsp3) is 0.333. The number of hydrogen-bond acceptors (Lipinski definition) is 4. The molecular formula is C18H18F3N4O2+. The molecule has 2 aliphatic rings. The maximum absolute atomic E-state index is 12.6. The molecule has 2 heterocycles. The van der Waals surface area contributed by atoms with Crippen molar-refractivity contribution in [2.24, 2.45) is 10.1 Å². The van der Waals surface area contributed by atoms with Gasteiger partial charge in [-0.25, -0.2) is 0 Å². The molecule has 0 bridgehead atoms. The van der Waals surface area contributed by atoms with Gasteiger partial charge < -0.3 is 10.1 Å². The van der Waals surface area contributed by atoms with E-state index in [9.17, 15) is 18.0 Å². The molecule has 0 saturated carbocycles. The first-order valence-electron chi connectivity index (χ1n) is 8.35. The lowest BCUT2D eigenvalue weighted by atomic mass is 10.0. The Balaban J connectivity index is 1.69. The predicted molar refractivity (Wildman–Crippen MR) is 91.1 cm³/mol. The molecular weight excluding hydrogens is 361 g/mol. The summed E-state index contributed by atoms with van der Waals surface area (Å²) in [5.41, 5.74) is 2.06. The van der Waals surface area contributed by atoms with Crippen LogP contribution in [0.4, 0.5) is 13.2 Å². The van der Waals surface area contributed by atoms with Gasteiger partial charge in [0.05, 0.1) is 12.2 Å². The summed E-state index contributed by atoms with van der Waals surface area (Å²) in [6.45, 7) is 4.37. The monoisotopic (exact) mass is 379 g/mol. The summed E-state index contributed by atoms with van der Waals surface area (Å²) in [6, 6.07) is 5.08. The minimum Gasteiger partial charge on any atom is -0.406 e. The normalized spacial score (nSPS) is 17.2. The summed E-state index contributed by atoms with van der Waals surface area (Å²) in [7, 11) is 0. The number of rotatable bonds is 5. The fourth-order valence-electron chi connectivity index (χ4n) is 2.80. The van der Waals surface area contributed by atoms with E-state index in [1.165, 1.54) is 30.5 Å². The summed E-state index contributed by atoms with van der Waals surface area (Å²) >= 11 is 0. The maximum Gasteiger partial charge on any atom is 0.573 e. The molecule has 0 fully saturated rings. The molecule has 0 saturated heterocycles. The van der Waals surface area contributed by atoms with Crippen molar-refractivity contribution >= 4 is 11.7 Å². The van der Waals surface area contributed by atoms with E-state index in [-0.39, 0.29) is 17.7 Å². The zero-order chi connectivity index (χ0) is 19.6. The molecule has 27 heavy (non-hydrogen) atoms. The van der Waals surface area contributed by atoms with Crippen LogP contribution in [0.2, 0.25) is 0 Å². The number of aliphatic imine (C=N–C) groups is 1. The van der Waals surface area contributed by atoms with Gasteiger partial charge in [-0.3, -0.25) is 4.79 Å². The highest BCUT2D eigenvalue weighted by Crippen LogP contribution is 2.26. The third kappa shape index (κ3) is 4.42. The summed E-state index contributed by atoms with van der Waals surface area (Å²) in [5, 5.41) is 7.06. The summed E-state index contributed by atoms with van der Waals surface area (Å²) in [5.74, 6) is -0.156. The Labute approximate surface area is 153 Å². The van der Waals surface area contributed by atoms with Gasteiger partial charge in [0.25, 0.3) is 5.91 Å². The largest absolute Gasteiger partial charge is 0.573 e. The second-order valence-corrected chi connectivity index (χ2v) is 6.20. The zero-order valence-electron chi connectivity index (χ0n) is 14.7. The summed E-state index contributed by atoms with van der Waals surface area (Å²) in [6.07, 6.45) is -1.01. The number of amidine groups is 1. The van der Waals surface area contributed by atoms with Crippen LogP contribution in [0.1, 0.15) is 31.9 Å². The lowest BCUT2D eigenvalue weighted by Gasteiger charge is -2.18. The molecule has 1 atom stereocenters. The highest BCUT2D eigenvalue weighted by molar-refractivity contribution is 6.18. The fourth-order valence-corrected chi connectivity index (χ4v) is 2.80. The second kappa shape index (κ2) is 7.34. The van der Waals surface area contributed by atoms with Crippen LogP contribution in [0.3, 0.4) is 0 Å². The van der Waals surface area contributed by atoms with Crippen molar-refractivity contribution in [3.8, 4) is 5.75 Å². The van der Waals surface area contributed by atoms with Gasteiger partial charge in [0.1, 0.15) is 18.5 Å². The average Bonchev–Trinajstić information content (AvgIpc) is 3.02. The highest BCUT2D eigenvalue weighted by Gasteiger charge is 2.35. The molecule has 0 spiro atoms. The van der Waals surface area contributed by atoms with Crippen molar-refractivity contribution in [1.82, 2.24) is 5.32 Å². The second-order valence-electron chi connectivity index (χ2n) is 6.20. The van der Waals surface area contributed by atoms with Crippen LogP contribution >= 0.6 is 0 Å². The molecule has 1 amide bonds. The molecule has 6 nitrogen and oxygen atoms in total. The van der Waals surface area contributed by atoms with Gasteiger partial charge in [0, 0.05) is 5.57 Å². The standard InChI is InChI=1S/C18H17F3N4O2/c1-3-15(12-4-6-13(7-5-12)27-18(19,20)21)24-17(26)14-9-23-25-10-11(2)8-22-16(14)25/h4-9,15H,3,10H2,1-2H3/p+1/t15-/m1/s1. The first-order chi connectivity index (χ1) is 12.8. The van der Waals surface area contributed by atoms with E-state index in [0.29, 0.717) is 29.9 Å². The number of alkyl halides is 3. The first-order valence-corrected chi connectivity index (χ1v) is 8.35. The Hall–Kier alpha value is -2.97. The Bertz CT molecular complexity index is 868. The van der Waals surface area contributed by atoms with Gasteiger partial charge >= 0.3 is 12.2 Å². The molecule has 9 heteroatoms. The topological polar surface area (TPSA) is 66.1 Å². The highest BCUT2D eigenvalue weighted by atomic mass is 19.4. The van der Waals surface area contributed by atoms with Crippen molar-refractivity contribution in [2.75, 3.05) is 6.54 Å². The number of halogens is 3. The van der Waals surface area contributed by atoms with Crippen LogP contribution in [0.15, 0.2) is 57.9 Å². The minimum atomic E-state index is -4.74. The van der Waals surface area contributed by atoms with Gasteiger partial charge in [0.2, 0.25) is 0 Å². The van der Waals surface area contributed by atoms with Crippen LogP contribution in [0.5, 0.6) is 5.75 Å². The molecule has 3 rings (SSSR count). The van der Waals surface area contributed by atoms with E-state index in [2.05, 4.69) is 20.2 Å². The molecule has 0 radical (unpaired) electrons. The molecule has 1 aromatic carbocycles. The van der Waals surface area contributed by atoms with E-state index in [0.717, 1.165) is 5.57 Å². The Kier molecular flexibility index (Phi) is 5.11. The predicted octanol–water partition coefficient (Wildman–Crippen LogP) is 3.83. The molecule has 1 aromatic rings. The number of nitrogens with one attached hydrogen (secondary N) is 1. The number of amides is 1. The number of carbonyl (C=O) groups is 1. The maximum atomic E-state index is 12.6. The summed E-state index contributed by atoms with van der Waals surface area (Å²) < 4.78 is 42.3. The summed E-state index contributed by atoms with van der Waals surface area (Å²) in [4.78, 5) is 16.9. The van der Waals surface area contributed by atoms with E-state index < -0.39 is 6.36 Å². The van der Waals surface area contributed by atoms with E-state index in [1.807, 2.05) is 13.8 Å². The van der Waals surface area contributed by atoms with Crippen LogP contribution in [-0.4, -0.2) is 29.3 Å². The molecule has 142 valence electrons. The van der Waals surface area contributed by atoms with Gasteiger partial charge in [-0.1, -0.05) is 24.2 Å². The number of ether oxygens (including phenoxy) is 1.